The molecule has 2 aliphatic rings. The number of benzene rings is 1. The molecule has 0 aliphatic carbocycles. The highest BCUT2D eigenvalue weighted by atomic mass is 16.3. The third-order valence-electron chi connectivity index (χ3n) is 6.09. The molecule has 2 N–H and O–H groups in total. The average Bonchev–Trinajstić information content (AvgIpc) is 3.16. The van der Waals surface area contributed by atoms with Crippen molar-refractivity contribution in [3.8, 4) is 0 Å². The number of nitrogens with one attached hydrogen (secondary N) is 1. The van der Waals surface area contributed by atoms with Crippen LogP contribution in [0.4, 0.5) is 5.82 Å². The molecule has 1 aromatic carbocycles. The first-order chi connectivity index (χ1) is 14.5. The maximum Gasteiger partial charge on any atom is 0.251 e. The van der Waals surface area contributed by atoms with E-state index in [0.717, 1.165) is 31.1 Å². The lowest BCUT2D eigenvalue weighted by atomic mass is 10.0. The highest BCUT2D eigenvalue weighted by Crippen LogP contribution is 2.25. The molecule has 7 heteroatoms. The Morgan fingerprint density at radius 3 is 2.63 bits per heavy atom. The molecular formula is C23H31N5O2. The fraction of sp³-hybridized carbons (Fsp3) is 0.522. The first kappa shape index (κ1) is 20.8. The number of amides is 1. The highest BCUT2D eigenvalue weighted by Gasteiger charge is 2.37. The van der Waals surface area contributed by atoms with E-state index in [1.807, 2.05) is 42.2 Å². The zero-order valence-corrected chi connectivity index (χ0v) is 17.7. The van der Waals surface area contributed by atoms with Crippen molar-refractivity contribution in [2.75, 3.05) is 37.6 Å². The summed E-state index contributed by atoms with van der Waals surface area (Å²) in [7, 11) is 0. The van der Waals surface area contributed by atoms with E-state index in [9.17, 15) is 9.90 Å². The first-order valence-electron chi connectivity index (χ1n) is 10.9. The van der Waals surface area contributed by atoms with Crippen molar-refractivity contribution in [2.24, 2.45) is 0 Å². The summed E-state index contributed by atoms with van der Waals surface area (Å²) < 4.78 is 0. The molecule has 0 bridgehead atoms. The van der Waals surface area contributed by atoms with Gasteiger partial charge >= 0.3 is 0 Å². The number of aromatic nitrogens is 2. The van der Waals surface area contributed by atoms with Crippen LogP contribution in [0.3, 0.4) is 0 Å². The smallest absolute Gasteiger partial charge is 0.251 e. The predicted octanol–water partition coefficient (Wildman–Crippen LogP) is 2.14. The van der Waals surface area contributed by atoms with Crippen molar-refractivity contribution >= 4 is 11.7 Å². The Hall–Kier alpha value is -2.51. The molecule has 1 amide bonds. The largest absolute Gasteiger partial charge is 0.386 e. The Morgan fingerprint density at radius 2 is 1.90 bits per heavy atom. The minimum absolute atomic E-state index is 0.149. The second-order valence-corrected chi connectivity index (χ2v) is 8.63. The number of nitrogens with zero attached hydrogens (tertiary/aromatic N) is 4. The number of β-amino-alcohol motifs (C(OH)–C–C–N with tert-alkyl or cyclic N) is 1. The van der Waals surface area contributed by atoms with E-state index in [4.69, 9.17) is 0 Å². The van der Waals surface area contributed by atoms with Crippen molar-refractivity contribution in [3.05, 3.63) is 53.5 Å². The topological polar surface area (TPSA) is 81.6 Å². The number of aliphatic hydroxyl groups is 1. The van der Waals surface area contributed by atoms with Crippen LogP contribution in [-0.4, -0.2) is 64.2 Å². The van der Waals surface area contributed by atoms with Crippen molar-refractivity contribution < 1.29 is 9.90 Å². The zero-order valence-electron chi connectivity index (χ0n) is 17.7. The Morgan fingerprint density at radius 1 is 1.13 bits per heavy atom. The van der Waals surface area contributed by atoms with Gasteiger partial charge in [0.15, 0.2) is 0 Å². The van der Waals surface area contributed by atoms with Crippen LogP contribution in [0.25, 0.3) is 0 Å². The fourth-order valence-corrected chi connectivity index (χ4v) is 4.29. The normalized spacial score (nSPS) is 22.3. The fourth-order valence-electron chi connectivity index (χ4n) is 4.29. The third kappa shape index (κ3) is 5.15. The summed E-state index contributed by atoms with van der Waals surface area (Å²) in [5.74, 6) is 0.665. The van der Waals surface area contributed by atoms with Gasteiger partial charge in [0, 0.05) is 43.5 Å². The van der Waals surface area contributed by atoms with Crippen LogP contribution < -0.4 is 10.2 Å². The van der Waals surface area contributed by atoms with Gasteiger partial charge in [0.1, 0.15) is 17.7 Å². The van der Waals surface area contributed by atoms with Gasteiger partial charge in [0.05, 0.1) is 0 Å². The Kier molecular flexibility index (Phi) is 6.29. The second-order valence-electron chi connectivity index (χ2n) is 8.63. The molecule has 0 saturated carbocycles. The van der Waals surface area contributed by atoms with Crippen LogP contribution in [0.5, 0.6) is 0 Å². The predicted molar refractivity (Wildman–Crippen MR) is 116 cm³/mol. The van der Waals surface area contributed by atoms with Crippen LogP contribution in [0.2, 0.25) is 0 Å². The van der Waals surface area contributed by atoms with Crippen molar-refractivity contribution in [3.63, 3.8) is 0 Å². The van der Waals surface area contributed by atoms with Gasteiger partial charge in [-0.05, 0) is 57.0 Å². The molecule has 0 unspecified atom stereocenters. The van der Waals surface area contributed by atoms with Gasteiger partial charge in [0.2, 0.25) is 0 Å². The van der Waals surface area contributed by atoms with Gasteiger partial charge in [0.25, 0.3) is 5.91 Å². The van der Waals surface area contributed by atoms with Gasteiger partial charge in [-0.15, -0.1) is 0 Å². The van der Waals surface area contributed by atoms with E-state index < -0.39 is 5.60 Å². The number of carbonyl (C=O) groups is 1. The van der Waals surface area contributed by atoms with Crippen LogP contribution in [0.1, 0.15) is 47.3 Å². The summed E-state index contributed by atoms with van der Waals surface area (Å²) in [6, 6.07) is 9.74. The number of hydrogen-bond acceptors (Lipinski definition) is 6. The molecule has 0 spiro atoms. The molecule has 2 saturated heterocycles. The lowest BCUT2D eigenvalue weighted by Crippen LogP contribution is -2.45. The molecule has 4 rings (SSSR count). The number of carbonyl (C=O) groups excluding carboxylic acids is 1. The summed E-state index contributed by atoms with van der Waals surface area (Å²) in [5, 5.41) is 13.8. The van der Waals surface area contributed by atoms with Gasteiger partial charge in [-0.2, -0.15) is 0 Å². The second kappa shape index (κ2) is 9.10. The molecule has 1 atom stereocenters. The summed E-state index contributed by atoms with van der Waals surface area (Å²) >= 11 is 0. The van der Waals surface area contributed by atoms with E-state index >= 15 is 0 Å². The van der Waals surface area contributed by atoms with Crippen LogP contribution >= 0.6 is 0 Å². The molecule has 7 nitrogen and oxygen atoms in total. The molecule has 30 heavy (non-hydrogen) atoms. The van der Waals surface area contributed by atoms with E-state index in [-0.39, 0.29) is 12.5 Å². The summed E-state index contributed by atoms with van der Waals surface area (Å²) in [6.45, 7) is 6.55. The molecule has 2 aliphatic heterocycles. The minimum atomic E-state index is -0.956. The van der Waals surface area contributed by atoms with Crippen molar-refractivity contribution in [1.29, 1.82) is 0 Å². The highest BCUT2D eigenvalue weighted by molar-refractivity contribution is 5.94. The van der Waals surface area contributed by atoms with E-state index in [1.54, 1.807) is 6.33 Å². The maximum atomic E-state index is 12.6. The number of anilines is 1. The Labute approximate surface area is 178 Å². The lowest BCUT2D eigenvalue weighted by molar-refractivity contribution is 0.0575. The lowest BCUT2D eigenvalue weighted by Gasteiger charge is -2.26. The number of piperidine rings is 1. The number of hydrogen-bond donors (Lipinski definition) is 2. The third-order valence-corrected chi connectivity index (χ3v) is 6.09. The molecule has 2 fully saturated rings. The summed E-state index contributed by atoms with van der Waals surface area (Å²) in [5.41, 5.74) is 1.80. The number of likely N-dealkylation sites (tertiary alicyclic amines) is 1. The van der Waals surface area contributed by atoms with E-state index in [2.05, 4.69) is 20.2 Å². The monoisotopic (exact) mass is 409 g/mol. The first-order valence-corrected chi connectivity index (χ1v) is 10.9. The number of aryl methyl sites for hydroxylation is 1. The number of rotatable bonds is 6. The van der Waals surface area contributed by atoms with Gasteiger partial charge in [-0.1, -0.05) is 18.6 Å². The van der Waals surface area contributed by atoms with E-state index in [1.165, 1.54) is 24.8 Å². The standard InChI is InChI=1S/C23H31N5O2/c1-18-13-21(26-17-25-18)28-12-9-23(30,16-28)15-24-22(29)20-7-5-19(6-8-20)14-27-10-3-2-4-11-27/h5-8,13,17,30H,2-4,9-12,14-16H2,1H3,(H,24,29)/t23-/m1/s1. The van der Waals surface area contributed by atoms with Crippen molar-refractivity contribution in [1.82, 2.24) is 20.2 Å². The van der Waals surface area contributed by atoms with Crippen molar-refractivity contribution in [2.45, 2.75) is 44.8 Å². The Balaban J connectivity index is 1.28. The van der Waals surface area contributed by atoms with Crippen LogP contribution in [0, 0.1) is 6.92 Å². The zero-order chi connectivity index (χ0) is 21.0. The summed E-state index contributed by atoms with van der Waals surface area (Å²) in [4.78, 5) is 25.5. The van der Waals surface area contributed by atoms with Gasteiger partial charge < -0.3 is 15.3 Å². The molecule has 160 valence electrons. The van der Waals surface area contributed by atoms with Gasteiger partial charge in [-0.25, -0.2) is 9.97 Å². The molecule has 1 aromatic heterocycles. The molecule has 3 heterocycles. The minimum Gasteiger partial charge on any atom is -0.386 e. The Bertz CT molecular complexity index is 866. The maximum absolute atomic E-state index is 12.6. The molecule has 0 radical (unpaired) electrons. The molecule has 2 aromatic rings. The summed E-state index contributed by atoms with van der Waals surface area (Å²) in [6.07, 6.45) is 6.01. The van der Waals surface area contributed by atoms with E-state index in [0.29, 0.717) is 25.1 Å². The van der Waals surface area contributed by atoms with Crippen LogP contribution in [0.15, 0.2) is 36.7 Å². The SMILES string of the molecule is Cc1cc(N2CC[C@@](O)(CNC(=O)c3ccc(CN4CCCCC4)cc3)C2)ncn1. The quantitative estimate of drug-likeness (QED) is 0.761. The average molecular weight is 410 g/mol. The van der Waals surface area contributed by atoms with Gasteiger partial charge in [-0.3, -0.25) is 9.69 Å². The van der Waals surface area contributed by atoms with Crippen LogP contribution in [-0.2, 0) is 6.54 Å². The molecular weight excluding hydrogens is 378 g/mol.